The van der Waals surface area contributed by atoms with Crippen molar-refractivity contribution in [2.24, 2.45) is 0 Å². The lowest BCUT2D eigenvalue weighted by molar-refractivity contribution is -0.137. The zero-order valence-electron chi connectivity index (χ0n) is 11.0. The number of carbonyl (C=O) groups is 1. The van der Waals surface area contributed by atoms with Gasteiger partial charge in [-0.05, 0) is 39.5 Å². The Balaban J connectivity index is 2.46. The Hall–Kier alpha value is -0.580. The number of piperidine rings is 1. The molecule has 4 nitrogen and oxygen atoms in total. The Labute approximate surface area is 104 Å². The predicted molar refractivity (Wildman–Crippen MR) is 68.6 cm³/mol. The van der Waals surface area contributed by atoms with Crippen LogP contribution in [0, 0.1) is 0 Å². The first-order valence-electron chi connectivity index (χ1n) is 6.30. The van der Waals surface area contributed by atoms with Crippen LogP contribution in [0.15, 0.2) is 0 Å². The fourth-order valence-corrected chi connectivity index (χ4v) is 3.20. The van der Waals surface area contributed by atoms with Crippen LogP contribution in [-0.4, -0.2) is 43.3 Å². The summed E-state index contributed by atoms with van der Waals surface area (Å²) < 4.78 is 22.0. The number of carbonyl (C=O) groups excluding carboxylic acids is 1. The standard InChI is InChI=1S/C12H23NO3S/c1-10-6-4-7-11(2)13(10)12(14)8-5-9-17(3,15)16/h10-11H,4-9H2,1-3H3. The number of nitrogens with zero attached hydrogens (tertiary/aromatic N) is 1. The second-order valence-electron chi connectivity index (χ2n) is 5.16. The largest absolute Gasteiger partial charge is 0.337 e. The van der Waals surface area contributed by atoms with Gasteiger partial charge in [0.25, 0.3) is 0 Å². The van der Waals surface area contributed by atoms with Crippen LogP contribution in [0.2, 0.25) is 0 Å². The molecular weight excluding hydrogens is 238 g/mol. The Kier molecular flexibility index (Phi) is 4.98. The van der Waals surface area contributed by atoms with Crippen LogP contribution in [0.3, 0.4) is 0 Å². The highest BCUT2D eigenvalue weighted by Gasteiger charge is 2.28. The molecule has 0 saturated carbocycles. The van der Waals surface area contributed by atoms with E-state index in [2.05, 4.69) is 13.8 Å². The number of rotatable bonds is 4. The van der Waals surface area contributed by atoms with Gasteiger partial charge in [0.2, 0.25) is 5.91 Å². The first-order chi connectivity index (χ1) is 7.81. The van der Waals surface area contributed by atoms with Gasteiger partial charge >= 0.3 is 0 Å². The molecule has 1 amide bonds. The zero-order chi connectivity index (χ0) is 13.1. The second-order valence-corrected chi connectivity index (χ2v) is 7.42. The van der Waals surface area contributed by atoms with Crippen molar-refractivity contribution in [1.82, 2.24) is 4.90 Å². The van der Waals surface area contributed by atoms with Gasteiger partial charge in [0.05, 0.1) is 5.75 Å². The van der Waals surface area contributed by atoms with E-state index in [1.165, 1.54) is 12.7 Å². The van der Waals surface area contributed by atoms with Crippen LogP contribution in [0.4, 0.5) is 0 Å². The highest BCUT2D eigenvalue weighted by molar-refractivity contribution is 7.90. The molecular formula is C12H23NO3S. The molecule has 1 heterocycles. The Morgan fingerprint density at radius 3 is 2.24 bits per heavy atom. The lowest BCUT2D eigenvalue weighted by atomic mass is 9.97. The van der Waals surface area contributed by atoms with E-state index in [1.807, 2.05) is 4.90 Å². The van der Waals surface area contributed by atoms with E-state index >= 15 is 0 Å². The minimum absolute atomic E-state index is 0.105. The molecule has 1 saturated heterocycles. The first kappa shape index (κ1) is 14.5. The summed E-state index contributed by atoms with van der Waals surface area (Å²) in [6.07, 6.45) is 5.29. The van der Waals surface area contributed by atoms with Crippen molar-refractivity contribution in [3.8, 4) is 0 Å². The average molecular weight is 261 g/mol. The smallest absolute Gasteiger partial charge is 0.223 e. The molecule has 0 radical (unpaired) electrons. The second kappa shape index (κ2) is 5.85. The summed E-state index contributed by atoms with van der Waals surface area (Å²) in [5.41, 5.74) is 0. The van der Waals surface area contributed by atoms with Gasteiger partial charge in [-0.15, -0.1) is 0 Å². The molecule has 0 spiro atoms. The third-order valence-corrected chi connectivity index (χ3v) is 4.42. The Morgan fingerprint density at radius 1 is 1.24 bits per heavy atom. The van der Waals surface area contributed by atoms with Gasteiger partial charge in [0, 0.05) is 24.8 Å². The minimum Gasteiger partial charge on any atom is -0.337 e. The van der Waals surface area contributed by atoms with Crippen molar-refractivity contribution < 1.29 is 13.2 Å². The molecule has 1 aliphatic rings. The van der Waals surface area contributed by atoms with Gasteiger partial charge in [-0.3, -0.25) is 4.79 Å². The highest BCUT2D eigenvalue weighted by atomic mass is 32.2. The Morgan fingerprint density at radius 2 is 1.76 bits per heavy atom. The van der Waals surface area contributed by atoms with Crippen LogP contribution in [0.1, 0.15) is 46.0 Å². The van der Waals surface area contributed by atoms with Crippen molar-refractivity contribution in [3.63, 3.8) is 0 Å². The molecule has 1 aliphatic heterocycles. The molecule has 5 heteroatoms. The molecule has 0 aromatic heterocycles. The molecule has 17 heavy (non-hydrogen) atoms. The zero-order valence-corrected chi connectivity index (χ0v) is 11.8. The van der Waals surface area contributed by atoms with E-state index < -0.39 is 9.84 Å². The predicted octanol–water partition coefficient (Wildman–Crippen LogP) is 1.60. The van der Waals surface area contributed by atoms with Gasteiger partial charge in [0.15, 0.2) is 0 Å². The monoisotopic (exact) mass is 261 g/mol. The maximum atomic E-state index is 12.0. The van der Waals surface area contributed by atoms with Crippen molar-refractivity contribution in [1.29, 1.82) is 0 Å². The molecule has 0 N–H and O–H groups in total. The third kappa shape index (κ3) is 4.66. The summed E-state index contributed by atoms with van der Waals surface area (Å²) in [7, 11) is -2.95. The van der Waals surface area contributed by atoms with E-state index in [0.29, 0.717) is 24.9 Å². The SMILES string of the molecule is CC1CCCC(C)N1C(=O)CCCS(C)(=O)=O. The van der Waals surface area contributed by atoms with Crippen LogP contribution in [-0.2, 0) is 14.6 Å². The van der Waals surface area contributed by atoms with Crippen LogP contribution in [0.5, 0.6) is 0 Å². The number of amides is 1. The topological polar surface area (TPSA) is 54.5 Å². The van der Waals surface area contributed by atoms with Crippen molar-refractivity contribution >= 4 is 15.7 Å². The van der Waals surface area contributed by atoms with E-state index in [9.17, 15) is 13.2 Å². The number of sulfone groups is 1. The van der Waals surface area contributed by atoms with E-state index in [1.54, 1.807) is 0 Å². The molecule has 0 aliphatic carbocycles. The molecule has 0 aromatic rings. The van der Waals surface area contributed by atoms with E-state index in [0.717, 1.165) is 12.8 Å². The van der Waals surface area contributed by atoms with E-state index in [4.69, 9.17) is 0 Å². The van der Waals surface area contributed by atoms with Crippen molar-refractivity contribution in [2.45, 2.75) is 58.0 Å². The summed E-state index contributed by atoms with van der Waals surface area (Å²) in [5, 5.41) is 0. The fraction of sp³-hybridized carbons (Fsp3) is 0.917. The summed E-state index contributed by atoms with van der Waals surface area (Å²) in [6.45, 7) is 4.15. The lowest BCUT2D eigenvalue weighted by Crippen LogP contribution is -2.47. The third-order valence-electron chi connectivity index (χ3n) is 3.39. The van der Waals surface area contributed by atoms with Crippen LogP contribution < -0.4 is 0 Å². The number of hydrogen-bond acceptors (Lipinski definition) is 3. The quantitative estimate of drug-likeness (QED) is 0.772. The Bertz CT molecular complexity index is 354. The van der Waals surface area contributed by atoms with Gasteiger partial charge in [-0.2, -0.15) is 0 Å². The molecule has 1 fully saturated rings. The normalized spacial score (nSPS) is 25.9. The molecule has 2 unspecified atom stereocenters. The first-order valence-corrected chi connectivity index (χ1v) is 8.36. The number of hydrogen-bond donors (Lipinski definition) is 0. The minimum atomic E-state index is -2.95. The average Bonchev–Trinajstić information content (AvgIpc) is 2.15. The summed E-state index contributed by atoms with van der Waals surface area (Å²) >= 11 is 0. The van der Waals surface area contributed by atoms with Gasteiger partial charge in [-0.25, -0.2) is 8.42 Å². The molecule has 1 rings (SSSR count). The lowest BCUT2D eigenvalue weighted by Gasteiger charge is -2.39. The molecule has 100 valence electrons. The maximum absolute atomic E-state index is 12.0. The molecule has 2 atom stereocenters. The molecule has 0 bridgehead atoms. The maximum Gasteiger partial charge on any atom is 0.223 e. The van der Waals surface area contributed by atoms with Gasteiger partial charge in [0.1, 0.15) is 9.84 Å². The fourth-order valence-electron chi connectivity index (χ4n) is 2.53. The van der Waals surface area contributed by atoms with Crippen LogP contribution in [0.25, 0.3) is 0 Å². The van der Waals surface area contributed by atoms with Gasteiger partial charge < -0.3 is 4.90 Å². The van der Waals surface area contributed by atoms with Crippen molar-refractivity contribution in [2.75, 3.05) is 12.0 Å². The highest BCUT2D eigenvalue weighted by Crippen LogP contribution is 2.23. The summed E-state index contributed by atoms with van der Waals surface area (Å²) in [5.74, 6) is 0.211. The van der Waals surface area contributed by atoms with Crippen LogP contribution >= 0.6 is 0 Å². The number of likely N-dealkylation sites (tertiary alicyclic amines) is 1. The summed E-state index contributed by atoms with van der Waals surface area (Å²) in [4.78, 5) is 14.0. The summed E-state index contributed by atoms with van der Waals surface area (Å²) in [6, 6.07) is 0.592. The van der Waals surface area contributed by atoms with E-state index in [-0.39, 0.29) is 11.7 Å². The van der Waals surface area contributed by atoms with Gasteiger partial charge in [-0.1, -0.05) is 0 Å². The van der Waals surface area contributed by atoms with Crippen molar-refractivity contribution in [3.05, 3.63) is 0 Å². The molecule has 0 aromatic carbocycles.